The van der Waals surface area contributed by atoms with Crippen LogP contribution in [0.15, 0.2) is 54.6 Å². The van der Waals surface area contributed by atoms with Crippen molar-refractivity contribution in [2.24, 2.45) is 0 Å². The Kier molecular flexibility index (Phi) is 6.67. The predicted octanol–water partition coefficient (Wildman–Crippen LogP) is 1.69. The van der Waals surface area contributed by atoms with Crippen molar-refractivity contribution in [3.05, 3.63) is 71.3 Å². The molecule has 32 heavy (non-hydrogen) atoms. The molecule has 2 aromatic rings. The van der Waals surface area contributed by atoms with E-state index in [9.17, 15) is 18.3 Å². The van der Waals surface area contributed by atoms with Gasteiger partial charge in [-0.05, 0) is 36.0 Å². The topological polar surface area (TPSA) is 98.7 Å². The molecule has 8 heteroatoms. The van der Waals surface area contributed by atoms with Crippen LogP contribution in [0.5, 0.6) is 0 Å². The van der Waals surface area contributed by atoms with Crippen molar-refractivity contribution in [2.75, 3.05) is 25.9 Å². The number of carbonyl (C=O) groups excluding carboxylic acids is 1. The maximum absolute atomic E-state index is 13.5. The average molecular weight is 458 g/mol. The first kappa shape index (κ1) is 22.9. The van der Waals surface area contributed by atoms with Crippen LogP contribution in [0.25, 0.3) is 0 Å². The molecule has 0 bridgehead atoms. The lowest BCUT2D eigenvalue weighted by Crippen LogP contribution is -2.42. The van der Waals surface area contributed by atoms with Crippen LogP contribution in [0, 0.1) is 0 Å². The molecule has 0 radical (unpaired) electrons. The highest BCUT2D eigenvalue weighted by atomic mass is 32.2. The fourth-order valence-corrected chi connectivity index (χ4v) is 4.85. The van der Waals surface area contributed by atoms with E-state index >= 15 is 0 Å². The van der Waals surface area contributed by atoms with Gasteiger partial charge in [0.15, 0.2) is 0 Å². The van der Waals surface area contributed by atoms with Gasteiger partial charge < -0.3 is 10.4 Å². The van der Waals surface area contributed by atoms with Crippen LogP contribution in [0.2, 0.25) is 0 Å². The summed E-state index contributed by atoms with van der Waals surface area (Å²) in [5.74, 6) is -0.000629. The highest BCUT2D eigenvalue weighted by Gasteiger charge is 2.51. The molecule has 0 spiro atoms. The van der Waals surface area contributed by atoms with E-state index in [1.165, 1.54) is 0 Å². The zero-order valence-electron chi connectivity index (χ0n) is 18.3. The second kappa shape index (κ2) is 9.31. The van der Waals surface area contributed by atoms with Crippen molar-refractivity contribution in [1.29, 1.82) is 0 Å². The highest BCUT2D eigenvalue weighted by Crippen LogP contribution is 2.49. The minimum Gasteiger partial charge on any atom is -0.392 e. The van der Waals surface area contributed by atoms with E-state index in [1.807, 2.05) is 54.6 Å². The van der Waals surface area contributed by atoms with Gasteiger partial charge in [0.2, 0.25) is 15.9 Å². The lowest BCUT2D eigenvalue weighted by Gasteiger charge is -2.27. The van der Waals surface area contributed by atoms with Gasteiger partial charge in [0, 0.05) is 26.2 Å². The Labute approximate surface area is 189 Å². The Morgan fingerprint density at radius 2 is 1.94 bits per heavy atom. The molecule has 172 valence electrons. The van der Waals surface area contributed by atoms with Crippen LogP contribution in [0.3, 0.4) is 0 Å². The van der Waals surface area contributed by atoms with E-state index in [0.29, 0.717) is 13.1 Å². The Bertz CT molecular complexity index is 1050. The third kappa shape index (κ3) is 5.56. The number of amides is 1. The molecule has 2 fully saturated rings. The molecule has 2 aromatic carbocycles. The molecular formula is C24H31N3O4S. The van der Waals surface area contributed by atoms with Gasteiger partial charge in [0.05, 0.1) is 23.8 Å². The number of aliphatic hydroxyl groups is 1. The first-order valence-corrected chi connectivity index (χ1v) is 12.9. The second-order valence-electron chi connectivity index (χ2n) is 9.01. The van der Waals surface area contributed by atoms with Gasteiger partial charge in [-0.2, -0.15) is 0 Å². The van der Waals surface area contributed by atoms with Gasteiger partial charge in [-0.15, -0.1) is 0 Å². The Morgan fingerprint density at radius 1 is 1.19 bits per heavy atom. The molecule has 2 aliphatic rings. The summed E-state index contributed by atoms with van der Waals surface area (Å²) in [6.45, 7) is 2.30. The number of aliphatic hydroxyl groups excluding tert-OH is 1. The van der Waals surface area contributed by atoms with Crippen LogP contribution in [-0.2, 0) is 26.8 Å². The number of likely N-dealkylation sites (tertiary alicyclic amines) is 1. The predicted molar refractivity (Wildman–Crippen MR) is 123 cm³/mol. The van der Waals surface area contributed by atoms with Crippen LogP contribution in [0.1, 0.15) is 42.0 Å². The van der Waals surface area contributed by atoms with Gasteiger partial charge >= 0.3 is 0 Å². The number of carbonyl (C=O) groups is 1. The number of hydrogen-bond donors (Lipinski definition) is 3. The van der Waals surface area contributed by atoms with E-state index in [4.69, 9.17) is 0 Å². The van der Waals surface area contributed by atoms with Gasteiger partial charge in [-0.3, -0.25) is 9.69 Å². The minimum atomic E-state index is -3.29. The summed E-state index contributed by atoms with van der Waals surface area (Å²) in [5, 5.41) is 13.2. The van der Waals surface area contributed by atoms with Crippen LogP contribution < -0.4 is 10.0 Å². The maximum atomic E-state index is 13.5. The van der Waals surface area contributed by atoms with Crippen molar-refractivity contribution in [2.45, 2.75) is 43.4 Å². The van der Waals surface area contributed by atoms with E-state index in [1.54, 1.807) is 0 Å². The molecular weight excluding hydrogens is 426 g/mol. The number of nitrogens with zero attached hydrogens (tertiary/aromatic N) is 1. The molecule has 1 heterocycles. The fourth-order valence-electron chi connectivity index (χ4n) is 4.42. The number of rotatable bonds is 9. The molecule has 2 unspecified atom stereocenters. The zero-order chi connectivity index (χ0) is 22.8. The largest absolute Gasteiger partial charge is 0.392 e. The third-order valence-corrected chi connectivity index (χ3v) is 7.07. The molecule has 1 saturated carbocycles. The number of hydrogen-bond acceptors (Lipinski definition) is 5. The van der Waals surface area contributed by atoms with Crippen LogP contribution in [0.4, 0.5) is 0 Å². The summed E-state index contributed by atoms with van der Waals surface area (Å²) in [4.78, 5) is 15.7. The Morgan fingerprint density at radius 3 is 2.56 bits per heavy atom. The zero-order valence-corrected chi connectivity index (χ0v) is 19.1. The lowest BCUT2D eigenvalue weighted by atomic mass is 9.92. The third-order valence-electron chi connectivity index (χ3n) is 6.40. The fraction of sp³-hybridized carbons (Fsp3) is 0.458. The van der Waals surface area contributed by atoms with Crippen molar-refractivity contribution in [3.8, 4) is 0 Å². The Hall–Kier alpha value is -2.26. The summed E-state index contributed by atoms with van der Waals surface area (Å²) in [6.07, 6.45) is 3.13. The van der Waals surface area contributed by atoms with E-state index in [-0.39, 0.29) is 24.6 Å². The van der Waals surface area contributed by atoms with Gasteiger partial charge in [-0.25, -0.2) is 13.1 Å². The second-order valence-corrected chi connectivity index (χ2v) is 10.8. The van der Waals surface area contributed by atoms with Crippen molar-refractivity contribution < 1.29 is 18.3 Å². The summed E-state index contributed by atoms with van der Waals surface area (Å²) < 4.78 is 25.4. The lowest BCUT2D eigenvalue weighted by molar-refractivity contribution is -0.124. The van der Waals surface area contributed by atoms with Gasteiger partial charge in [0.25, 0.3) is 0 Å². The molecule has 1 amide bonds. The number of benzene rings is 2. The summed E-state index contributed by atoms with van der Waals surface area (Å²) >= 11 is 0. The van der Waals surface area contributed by atoms with E-state index in [0.717, 1.165) is 48.8 Å². The normalized spacial score (nSPS) is 21.2. The molecule has 0 aromatic heterocycles. The number of β-amino-alcohol motifs (C(OH)–C–C–N with tert-alkyl or cyclic N) is 1. The first-order chi connectivity index (χ1) is 15.2. The maximum Gasteiger partial charge on any atom is 0.231 e. The molecule has 1 saturated heterocycles. The molecule has 1 aliphatic heterocycles. The van der Waals surface area contributed by atoms with Crippen molar-refractivity contribution in [1.82, 2.24) is 14.9 Å². The average Bonchev–Trinajstić information content (AvgIpc) is 3.49. The van der Waals surface area contributed by atoms with Gasteiger partial charge in [-0.1, -0.05) is 54.6 Å². The van der Waals surface area contributed by atoms with Crippen LogP contribution in [-0.4, -0.2) is 56.3 Å². The molecule has 7 nitrogen and oxygen atoms in total. The highest BCUT2D eigenvalue weighted by molar-refractivity contribution is 7.88. The smallest absolute Gasteiger partial charge is 0.231 e. The summed E-state index contributed by atoms with van der Waals surface area (Å²) in [7, 11) is -3.29. The SMILES string of the molecule is CS(=O)(=O)NCc1cccc(C2(C(=O)NC(CN3CCC(O)C3)c3ccccc3)CC2)c1. The number of nitrogens with one attached hydrogen (secondary N) is 2. The summed E-state index contributed by atoms with van der Waals surface area (Å²) in [6, 6.07) is 17.4. The monoisotopic (exact) mass is 457 g/mol. The Balaban J connectivity index is 1.50. The first-order valence-electron chi connectivity index (χ1n) is 11.1. The standard InChI is InChI=1S/C24H31N3O4S/c1-32(30,31)25-15-18-6-5-9-20(14-18)24(11-12-24)23(29)26-22(19-7-3-2-4-8-19)17-27-13-10-21(28)16-27/h2-9,14,21-22,25,28H,10-13,15-17H2,1H3,(H,26,29). The van der Waals surface area contributed by atoms with Crippen molar-refractivity contribution >= 4 is 15.9 Å². The molecule has 1 aliphatic carbocycles. The van der Waals surface area contributed by atoms with E-state index in [2.05, 4.69) is 14.9 Å². The molecule has 4 rings (SSSR count). The summed E-state index contributed by atoms with van der Waals surface area (Å²) in [5.41, 5.74) is 2.23. The number of sulfonamides is 1. The van der Waals surface area contributed by atoms with E-state index < -0.39 is 15.4 Å². The quantitative estimate of drug-likeness (QED) is 0.532. The molecule has 3 N–H and O–H groups in total. The van der Waals surface area contributed by atoms with Crippen LogP contribution >= 0.6 is 0 Å². The minimum absolute atomic E-state index is 0.000629. The van der Waals surface area contributed by atoms with Crippen molar-refractivity contribution in [3.63, 3.8) is 0 Å². The molecule has 2 atom stereocenters. The van der Waals surface area contributed by atoms with Gasteiger partial charge in [0.1, 0.15) is 0 Å².